The predicted molar refractivity (Wildman–Crippen MR) is 133 cm³/mol. The number of amides is 1. The second-order valence-corrected chi connectivity index (χ2v) is 11.3. The Morgan fingerprint density at radius 2 is 1.85 bits per heavy atom. The number of carbonyl (C=O) groups is 1. The molecule has 1 heterocycles. The smallest absolute Gasteiger partial charge is 0.407 e. The number of hydrogen-bond acceptors (Lipinski definition) is 3. The maximum Gasteiger partial charge on any atom is 0.407 e. The number of benzene rings is 2. The van der Waals surface area contributed by atoms with E-state index in [0.29, 0.717) is 17.9 Å². The summed E-state index contributed by atoms with van der Waals surface area (Å²) >= 11 is 0. The summed E-state index contributed by atoms with van der Waals surface area (Å²) in [5.41, 5.74) is 5.55. The first-order valence-corrected chi connectivity index (χ1v) is 12.8. The molecule has 1 aliphatic heterocycles. The number of carbonyl (C=O) groups excluding carboxylic acids is 1. The van der Waals surface area contributed by atoms with Gasteiger partial charge >= 0.3 is 6.09 Å². The Kier molecular flexibility index (Phi) is 6.22. The molecule has 1 N–H and O–H groups in total. The van der Waals surface area contributed by atoms with Gasteiger partial charge in [-0.15, -0.1) is 0 Å². The van der Waals surface area contributed by atoms with Crippen molar-refractivity contribution in [3.05, 3.63) is 70.8 Å². The van der Waals surface area contributed by atoms with Crippen LogP contribution in [0.3, 0.4) is 0 Å². The fourth-order valence-corrected chi connectivity index (χ4v) is 5.86. The molecule has 4 nitrogen and oxygen atoms in total. The van der Waals surface area contributed by atoms with E-state index in [1.807, 2.05) is 20.8 Å². The van der Waals surface area contributed by atoms with Crippen molar-refractivity contribution in [2.45, 2.75) is 88.8 Å². The maximum atomic E-state index is 12.1. The maximum absolute atomic E-state index is 12.1. The summed E-state index contributed by atoms with van der Waals surface area (Å²) in [6, 6.07) is 19.1. The summed E-state index contributed by atoms with van der Waals surface area (Å²) in [6.45, 7) is 8.23. The predicted octanol–water partition coefficient (Wildman–Crippen LogP) is 5.80. The van der Waals surface area contributed by atoms with E-state index < -0.39 is 5.60 Å². The van der Waals surface area contributed by atoms with Crippen LogP contribution in [0.15, 0.2) is 48.5 Å². The molecule has 2 aromatic rings. The summed E-state index contributed by atoms with van der Waals surface area (Å²) in [5, 5.41) is 3.05. The van der Waals surface area contributed by atoms with Crippen molar-refractivity contribution in [3.8, 4) is 0 Å². The molecule has 1 amide bonds. The molecule has 33 heavy (non-hydrogen) atoms. The Balaban J connectivity index is 1.30. The van der Waals surface area contributed by atoms with Gasteiger partial charge in [0, 0.05) is 18.0 Å². The molecule has 2 aliphatic carbocycles. The van der Waals surface area contributed by atoms with E-state index in [-0.39, 0.29) is 12.1 Å². The average molecular weight is 447 g/mol. The number of nitrogens with zero attached hydrogens (tertiary/aromatic N) is 1. The summed E-state index contributed by atoms with van der Waals surface area (Å²) in [6.07, 6.45) is 6.62. The minimum atomic E-state index is -0.452. The summed E-state index contributed by atoms with van der Waals surface area (Å²) in [4.78, 5) is 14.8. The first kappa shape index (κ1) is 22.5. The molecule has 176 valence electrons. The molecule has 5 rings (SSSR count). The van der Waals surface area contributed by atoms with Gasteiger partial charge in [0.1, 0.15) is 5.60 Å². The van der Waals surface area contributed by atoms with Gasteiger partial charge in [0.25, 0.3) is 0 Å². The zero-order valence-corrected chi connectivity index (χ0v) is 20.3. The van der Waals surface area contributed by atoms with Crippen LogP contribution >= 0.6 is 0 Å². The number of fused-ring (bicyclic) bond motifs is 1. The monoisotopic (exact) mass is 446 g/mol. The van der Waals surface area contributed by atoms with Crippen LogP contribution in [0, 0.1) is 0 Å². The lowest BCUT2D eigenvalue weighted by Crippen LogP contribution is -2.50. The van der Waals surface area contributed by atoms with E-state index in [0.717, 1.165) is 19.3 Å². The molecule has 2 atom stereocenters. The minimum absolute atomic E-state index is 0.217. The lowest BCUT2D eigenvalue weighted by Gasteiger charge is -2.46. The highest BCUT2D eigenvalue weighted by atomic mass is 16.6. The fraction of sp³-hybridized carbons (Fsp3) is 0.552. The highest BCUT2D eigenvalue weighted by molar-refractivity contribution is 5.68. The van der Waals surface area contributed by atoms with E-state index >= 15 is 0 Å². The van der Waals surface area contributed by atoms with Crippen molar-refractivity contribution in [3.63, 3.8) is 0 Å². The lowest BCUT2D eigenvalue weighted by atomic mass is 9.71. The van der Waals surface area contributed by atoms with Gasteiger partial charge in [0.2, 0.25) is 0 Å². The Labute approximate surface area is 198 Å². The van der Waals surface area contributed by atoms with Crippen molar-refractivity contribution >= 4 is 6.09 Å². The van der Waals surface area contributed by atoms with Crippen LogP contribution in [0.4, 0.5) is 4.79 Å². The van der Waals surface area contributed by atoms with Gasteiger partial charge in [0.05, 0.1) is 0 Å². The van der Waals surface area contributed by atoms with Gasteiger partial charge in [-0.2, -0.15) is 0 Å². The van der Waals surface area contributed by atoms with Crippen LogP contribution in [-0.2, 0) is 17.6 Å². The van der Waals surface area contributed by atoms with Crippen molar-refractivity contribution < 1.29 is 9.53 Å². The van der Waals surface area contributed by atoms with Crippen LogP contribution < -0.4 is 5.32 Å². The molecule has 1 saturated heterocycles. The zero-order chi connectivity index (χ0) is 23.0. The van der Waals surface area contributed by atoms with E-state index in [1.54, 1.807) is 11.1 Å². The fourth-order valence-electron chi connectivity index (χ4n) is 5.86. The van der Waals surface area contributed by atoms with Gasteiger partial charge < -0.3 is 10.1 Å². The first-order chi connectivity index (χ1) is 15.9. The highest BCUT2D eigenvalue weighted by Gasteiger charge is 2.37. The van der Waals surface area contributed by atoms with Crippen LogP contribution in [0.25, 0.3) is 0 Å². The molecule has 1 saturated carbocycles. The number of ether oxygens (including phenoxy) is 1. The second-order valence-electron chi connectivity index (χ2n) is 11.3. The highest BCUT2D eigenvalue weighted by Crippen LogP contribution is 2.43. The summed E-state index contributed by atoms with van der Waals surface area (Å²) in [7, 11) is 0. The Bertz CT molecular complexity index is 971. The topological polar surface area (TPSA) is 41.6 Å². The number of likely N-dealkylation sites (tertiary alicyclic amines) is 1. The third kappa shape index (κ3) is 5.11. The second kappa shape index (κ2) is 9.13. The van der Waals surface area contributed by atoms with Crippen molar-refractivity contribution in [2.24, 2.45) is 0 Å². The standard InChI is InChI=1S/C29H38N2O2/c1-29(2,3)33-28(32)30-24-17-23(18-24)22-11-10-21-12-13-27(31-14-7-15-31)26(25(21)19-22)16-20-8-5-4-6-9-20/h4-6,8-11,19,23-24,26-27H,7,12-18H2,1-3H3,(H,30,32). The molecule has 3 aliphatic rings. The number of alkyl carbamates (subject to hydrolysis) is 1. The SMILES string of the molecule is CC(C)(C)OC(=O)NC1CC(c2ccc3c(c2)C(Cc2ccccc2)C(N2CCC2)CC3)C1. The third-order valence-corrected chi connectivity index (χ3v) is 7.73. The summed E-state index contributed by atoms with van der Waals surface area (Å²) in [5.74, 6) is 1.09. The molecule has 0 radical (unpaired) electrons. The first-order valence-electron chi connectivity index (χ1n) is 12.8. The molecule has 2 aromatic carbocycles. The number of nitrogens with one attached hydrogen (secondary N) is 1. The van der Waals surface area contributed by atoms with Crippen LogP contribution in [0.5, 0.6) is 0 Å². The van der Waals surface area contributed by atoms with Crippen LogP contribution in [0.1, 0.15) is 80.5 Å². The van der Waals surface area contributed by atoms with E-state index in [9.17, 15) is 4.79 Å². The van der Waals surface area contributed by atoms with Crippen molar-refractivity contribution in [1.29, 1.82) is 0 Å². The summed E-state index contributed by atoms with van der Waals surface area (Å²) < 4.78 is 5.43. The molecule has 4 heteroatoms. The number of rotatable bonds is 5. The van der Waals surface area contributed by atoms with Crippen molar-refractivity contribution in [2.75, 3.05) is 13.1 Å². The minimum Gasteiger partial charge on any atom is -0.444 e. The van der Waals surface area contributed by atoms with Gasteiger partial charge in [-0.3, -0.25) is 4.90 Å². The van der Waals surface area contributed by atoms with Crippen LogP contribution in [-0.4, -0.2) is 41.8 Å². The molecule has 0 spiro atoms. The van der Waals surface area contributed by atoms with Gasteiger partial charge in [-0.05, 0) is 101 Å². The molecule has 0 bridgehead atoms. The molecular weight excluding hydrogens is 408 g/mol. The molecule has 0 aromatic heterocycles. The number of hydrogen-bond donors (Lipinski definition) is 1. The molecular formula is C29H38N2O2. The zero-order valence-electron chi connectivity index (χ0n) is 20.3. The number of aryl methyl sites for hydroxylation is 1. The normalized spacial score (nSPS) is 27.1. The van der Waals surface area contributed by atoms with E-state index in [4.69, 9.17) is 4.74 Å². The third-order valence-electron chi connectivity index (χ3n) is 7.73. The van der Waals surface area contributed by atoms with Gasteiger partial charge in [0.15, 0.2) is 0 Å². The Morgan fingerprint density at radius 1 is 1.09 bits per heavy atom. The average Bonchev–Trinajstić information content (AvgIpc) is 2.70. The molecule has 2 fully saturated rings. The van der Waals surface area contributed by atoms with Gasteiger partial charge in [-0.25, -0.2) is 4.79 Å². The van der Waals surface area contributed by atoms with Crippen LogP contribution in [0.2, 0.25) is 0 Å². The lowest BCUT2D eigenvalue weighted by molar-refractivity contribution is 0.0471. The molecule has 2 unspecified atom stereocenters. The van der Waals surface area contributed by atoms with Crippen molar-refractivity contribution in [1.82, 2.24) is 10.2 Å². The quantitative estimate of drug-likeness (QED) is 0.631. The van der Waals surface area contributed by atoms with E-state index in [2.05, 4.69) is 58.7 Å². The van der Waals surface area contributed by atoms with Gasteiger partial charge in [-0.1, -0.05) is 48.5 Å². The Hall–Kier alpha value is -2.33. The Morgan fingerprint density at radius 3 is 2.52 bits per heavy atom. The van der Waals surface area contributed by atoms with E-state index in [1.165, 1.54) is 43.5 Å². The largest absolute Gasteiger partial charge is 0.444 e.